The van der Waals surface area contributed by atoms with Crippen LogP contribution in [0.25, 0.3) is 0 Å². The number of rotatable bonds is 4. The molecular formula is C18H24N2O3. The zero-order valence-electron chi connectivity index (χ0n) is 13.7. The molecule has 0 N–H and O–H groups in total. The van der Waals surface area contributed by atoms with Crippen molar-refractivity contribution in [3.05, 3.63) is 29.8 Å². The summed E-state index contributed by atoms with van der Waals surface area (Å²) in [7, 11) is 1.62. The monoisotopic (exact) mass is 316 g/mol. The largest absolute Gasteiger partial charge is 0.497 e. The van der Waals surface area contributed by atoms with Crippen molar-refractivity contribution >= 4 is 11.8 Å². The Balaban J connectivity index is 1.50. The van der Waals surface area contributed by atoms with E-state index in [0.717, 1.165) is 24.2 Å². The van der Waals surface area contributed by atoms with Gasteiger partial charge in [0.2, 0.25) is 11.8 Å². The lowest BCUT2D eigenvalue weighted by molar-refractivity contribution is -0.143. The fraction of sp³-hybridized carbons (Fsp3) is 0.556. The molecule has 1 saturated carbocycles. The number of piperazine rings is 1. The molecule has 1 aromatic carbocycles. The van der Waals surface area contributed by atoms with Crippen LogP contribution in [0.15, 0.2) is 24.3 Å². The molecule has 2 amide bonds. The Hall–Kier alpha value is -2.04. The predicted molar refractivity (Wildman–Crippen MR) is 87.2 cm³/mol. The number of carbonyl (C=O) groups is 2. The fourth-order valence-electron chi connectivity index (χ4n) is 3.16. The van der Waals surface area contributed by atoms with Crippen molar-refractivity contribution in [1.82, 2.24) is 9.80 Å². The Morgan fingerprint density at radius 2 is 1.83 bits per heavy atom. The molecule has 0 radical (unpaired) electrons. The zero-order valence-corrected chi connectivity index (χ0v) is 13.7. The Kier molecular flexibility index (Phi) is 4.84. The van der Waals surface area contributed by atoms with Crippen LogP contribution in [0.2, 0.25) is 0 Å². The number of methoxy groups -OCH3 is 1. The van der Waals surface area contributed by atoms with Gasteiger partial charge in [-0.1, -0.05) is 18.6 Å². The molecule has 3 rings (SSSR count). The van der Waals surface area contributed by atoms with Crippen molar-refractivity contribution in [1.29, 1.82) is 0 Å². The van der Waals surface area contributed by atoms with E-state index in [9.17, 15) is 9.59 Å². The van der Waals surface area contributed by atoms with Gasteiger partial charge in [-0.25, -0.2) is 0 Å². The number of nitrogens with zero attached hydrogens (tertiary/aromatic N) is 2. The van der Waals surface area contributed by atoms with E-state index < -0.39 is 0 Å². The number of hydrogen-bond donors (Lipinski definition) is 0. The average Bonchev–Trinajstić information content (AvgIpc) is 2.53. The van der Waals surface area contributed by atoms with Gasteiger partial charge >= 0.3 is 0 Å². The average molecular weight is 316 g/mol. The van der Waals surface area contributed by atoms with Gasteiger partial charge in [-0.05, 0) is 30.5 Å². The second-order valence-electron chi connectivity index (χ2n) is 6.36. The van der Waals surface area contributed by atoms with Crippen LogP contribution in [0.4, 0.5) is 0 Å². The molecule has 0 unspecified atom stereocenters. The molecule has 0 bridgehead atoms. The summed E-state index contributed by atoms with van der Waals surface area (Å²) >= 11 is 0. The lowest BCUT2D eigenvalue weighted by Gasteiger charge is -2.38. The molecule has 1 aromatic rings. The Morgan fingerprint density at radius 1 is 1.13 bits per heavy atom. The summed E-state index contributed by atoms with van der Waals surface area (Å²) in [5.74, 6) is 1.42. The summed E-state index contributed by atoms with van der Waals surface area (Å²) in [5.41, 5.74) is 0.960. The van der Waals surface area contributed by atoms with Gasteiger partial charge in [-0.3, -0.25) is 9.59 Å². The number of hydrogen-bond acceptors (Lipinski definition) is 3. The summed E-state index contributed by atoms with van der Waals surface area (Å²) in [6.07, 6.45) is 3.63. The molecule has 2 fully saturated rings. The second-order valence-corrected chi connectivity index (χ2v) is 6.36. The highest BCUT2D eigenvalue weighted by Gasteiger charge is 2.31. The maximum absolute atomic E-state index is 12.4. The van der Waals surface area contributed by atoms with Crippen molar-refractivity contribution < 1.29 is 14.3 Å². The quantitative estimate of drug-likeness (QED) is 0.850. The van der Waals surface area contributed by atoms with Crippen molar-refractivity contribution in [2.45, 2.75) is 25.7 Å². The van der Waals surface area contributed by atoms with Crippen molar-refractivity contribution in [3.8, 4) is 5.75 Å². The minimum absolute atomic E-state index is 0.119. The maximum Gasteiger partial charge on any atom is 0.227 e. The highest BCUT2D eigenvalue weighted by atomic mass is 16.5. The smallest absolute Gasteiger partial charge is 0.227 e. The van der Waals surface area contributed by atoms with Crippen molar-refractivity contribution in [2.75, 3.05) is 33.3 Å². The first-order valence-corrected chi connectivity index (χ1v) is 8.37. The molecule has 5 nitrogen and oxygen atoms in total. The van der Waals surface area contributed by atoms with Crippen LogP contribution in [0.5, 0.6) is 5.75 Å². The Bertz CT molecular complexity index is 575. The molecule has 1 aliphatic carbocycles. The van der Waals surface area contributed by atoms with Gasteiger partial charge in [0.05, 0.1) is 13.5 Å². The summed E-state index contributed by atoms with van der Waals surface area (Å²) in [6.45, 7) is 2.61. The number of ether oxygens (including phenoxy) is 1. The molecule has 124 valence electrons. The third-order valence-corrected chi connectivity index (χ3v) is 4.89. The first-order valence-electron chi connectivity index (χ1n) is 8.37. The summed E-state index contributed by atoms with van der Waals surface area (Å²) < 4.78 is 5.19. The van der Waals surface area contributed by atoms with E-state index in [1.807, 2.05) is 34.1 Å². The molecule has 0 aromatic heterocycles. The molecule has 23 heavy (non-hydrogen) atoms. The second kappa shape index (κ2) is 7.02. The van der Waals surface area contributed by atoms with E-state index >= 15 is 0 Å². The SMILES string of the molecule is COc1cccc(CC(=O)N2CCN(C(=O)C3CCC3)CC2)c1. The normalized spacial score (nSPS) is 18.5. The van der Waals surface area contributed by atoms with Gasteiger partial charge in [-0.15, -0.1) is 0 Å². The molecule has 1 aliphatic heterocycles. The Morgan fingerprint density at radius 3 is 2.43 bits per heavy atom. The number of amides is 2. The highest BCUT2D eigenvalue weighted by Crippen LogP contribution is 2.28. The van der Waals surface area contributed by atoms with E-state index in [1.54, 1.807) is 7.11 Å². The molecule has 1 saturated heterocycles. The summed E-state index contributed by atoms with van der Waals surface area (Å²) in [6, 6.07) is 7.61. The van der Waals surface area contributed by atoms with Crippen LogP contribution in [-0.4, -0.2) is 54.9 Å². The third-order valence-electron chi connectivity index (χ3n) is 4.89. The van der Waals surface area contributed by atoms with Gasteiger partial charge < -0.3 is 14.5 Å². The van der Waals surface area contributed by atoms with Gasteiger partial charge in [0.25, 0.3) is 0 Å². The Labute approximate surface area is 137 Å². The van der Waals surface area contributed by atoms with Crippen LogP contribution < -0.4 is 4.74 Å². The van der Waals surface area contributed by atoms with Gasteiger partial charge in [0.15, 0.2) is 0 Å². The summed E-state index contributed by atoms with van der Waals surface area (Å²) in [4.78, 5) is 28.4. The molecule has 5 heteroatoms. The number of carbonyl (C=O) groups excluding carboxylic acids is 2. The maximum atomic E-state index is 12.4. The first kappa shape index (κ1) is 15.8. The standard InChI is InChI=1S/C18H24N2O3/c1-23-16-7-2-4-14(12-16)13-17(21)19-8-10-20(11-9-19)18(22)15-5-3-6-15/h2,4,7,12,15H,3,5-6,8-11,13H2,1H3. The van der Waals surface area contributed by atoms with Crippen LogP contribution in [0.3, 0.4) is 0 Å². The fourth-order valence-corrected chi connectivity index (χ4v) is 3.16. The van der Waals surface area contributed by atoms with Crippen LogP contribution in [0.1, 0.15) is 24.8 Å². The van der Waals surface area contributed by atoms with Crippen molar-refractivity contribution in [2.24, 2.45) is 5.92 Å². The molecule has 0 spiro atoms. The molecular weight excluding hydrogens is 292 g/mol. The lowest BCUT2D eigenvalue weighted by atomic mass is 9.84. The lowest BCUT2D eigenvalue weighted by Crippen LogP contribution is -2.52. The van der Waals surface area contributed by atoms with E-state index in [0.29, 0.717) is 32.6 Å². The van der Waals surface area contributed by atoms with Crippen LogP contribution in [0, 0.1) is 5.92 Å². The third kappa shape index (κ3) is 3.66. The van der Waals surface area contributed by atoms with Crippen LogP contribution in [-0.2, 0) is 16.0 Å². The predicted octanol–water partition coefficient (Wildman–Crippen LogP) is 1.71. The minimum atomic E-state index is 0.119. The molecule has 0 atom stereocenters. The van der Waals surface area contributed by atoms with E-state index in [2.05, 4.69) is 0 Å². The number of benzene rings is 1. The highest BCUT2D eigenvalue weighted by molar-refractivity contribution is 5.81. The van der Waals surface area contributed by atoms with E-state index in [-0.39, 0.29) is 17.7 Å². The van der Waals surface area contributed by atoms with Gasteiger partial charge in [-0.2, -0.15) is 0 Å². The van der Waals surface area contributed by atoms with Gasteiger partial charge in [0.1, 0.15) is 5.75 Å². The summed E-state index contributed by atoms with van der Waals surface area (Å²) in [5, 5.41) is 0. The van der Waals surface area contributed by atoms with Gasteiger partial charge in [0, 0.05) is 32.1 Å². The topological polar surface area (TPSA) is 49.9 Å². The molecule has 2 aliphatic rings. The van der Waals surface area contributed by atoms with Crippen molar-refractivity contribution in [3.63, 3.8) is 0 Å². The minimum Gasteiger partial charge on any atom is -0.497 e. The van der Waals surface area contributed by atoms with Crippen LogP contribution >= 0.6 is 0 Å². The molecule has 1 heterocycles. The first-order chi connectivity index (χ1) is 11.2. The van der Waals surface area contributed by atoms with E-state index in [4.69, 9.17) is 4.74 Å². The zero-order chi connectivity index (χ0) is 16.2. The van der Waals surface area contributed by atoms with E-state index in [1.165, 1.54) is 6.42 Å².